The van der Waals surface area contributed by atoms with Crippen molar-refractivity contribution in [1.82, 2.24) is 9.97 Å². The summed E-state index contributed by atoms with van der Waals surface area (Å²) in [6.45, 7) is 0.0974. The molecule has 0 fully saturated rings. The lowest BCUT2D eigenvalue weighted by atomic mass is 9.85. The number of benzene rings is 1. The monoisotopic (exact) mass is 326 g/mol. The highest BCUT2D eigenvalue weighted by Gasteiger charge is 2.34. The molecule has 0 aliphatic carbocycles. The van der Waals surface area contributed by atoms with Crippen molar-refractivity contribution in [3.8, 4) is 23.4 Å². The average molecular weight is 326 g/mol. The molecule has 0 saturated carbocycles. The van der Waals surface area contributed by atoms with Gasteiger partial charge in [-0.25, -0.2) is 4.79 Å². The number of aromatic nitrogens is 2. The van der Waals surface area contributed by atoms with Gasteiger partial charge in [0.05, 0.1) is 11.5 Å². The van der Waals surface area contributed by atoms with E-state index in [1.54, 1.807) is 18.2 Å². The van der Waals surface area contributed by atoms with Gasteiger partial charge in [-0.15, -0.1) is 0 Å². The largest absolute Gasteiger partial charge is 0.454 e. The highest BCUT2D eigenvalue weighted by Crippen LogP contribution is 2.42. The van der Waals surface area contributed by atoms with Gasteiger partial charge in [-0.3, -0.25) is 14.8 Å². The summed E-state index contributed by atoms with van der Waals surface area (Å²) in [5, 5.41) is 9.45. The van der Waals surface area contributed by atoms with Crippen molar-refractivity contribution in [3.63, 3.8) is 0 Å². The van der Waals surface area contributed by atoms with Crippen LogP contribution in [0.25, 0.3) is 0 Å². The number of nitrogens with two attached hydrogens (primary N) is 1. The van der Waals surface area contributed by atoms with Crippen molar-refractivity contribution >= 4 is 0 Å². The number of nitrogens with one attached hydrogen (secondary N) is 2. The van der Waals surface area contributed by atoms with Crippen molar-refractivity contribution in [3.05, 3.63) is 61.6 Å². The number of ether oxygens (including phenoxy) is 3. The topological polar surface area (TPSA) is 143 Å². The van der Waals surface area contributed by atoms with Crippen molar-refractivity contribution in [2.75, 3.05) is 6.79 Å². The van der Waals surface area contributed by atoms with E-state index < -0.39 is 17.2 Å². The van der Waals surface area contributed by atoms with Crippen LogP contribution in [0.5, 0.6) is 17.4 Å². The van der Waals surface area contributed by atoms with Crippen LogP contribution in [0.15, 0.2) is 39.2 Å². The van der Waals surface area contributed by atoms with Gasteiger partial charge in [-0.1, -0.05) is 6.07 Å². The predicted octanol–water partition coefficient (Wildman–Crippen LogP) is 0.0101. The summed E-state index contributed by atoms with van der Waals surface area (Å²) in [6, 6.07) is 7.00. The van der Waals surface area contributed by atoms with Gasteiger partial charge in [0.1, 0.15) is 11.6 Å². The minimum atomic E-state index is -0.797. The van der Waals surface area contributed by atoms with Crippen LogP contribution in [0.4, 0.5) is 0 Å². The Labute approximate surface area is 133 Å². The molecule has 9 nitrogen and oxygen atoms in total. The van der Waals surface area contributed by atoms with Crippen LogP contribution in [0.3, 0.4) is 0 Å². The Hall–Kier alpha value is -3.67. The molecule has 0 amide bonds. The van der Waals surface area contributed by atoms with E-state index in [2.05, 4.69) is 9.97 Å². The molecule has 2 aromatic rings. The normalized spacial score (nSPS) is 17.9. The molecule has 1 aromatic carbocycles. The molecule has 9 heteroatoms. The van der Waals surface area contributed by atoms with E-state index in [1.165, 1.54) is 0 Å². The first-order chi connectivity index (χ1) is 11.6. The fraction of sp³-hybridized carbons (Fsp3) is 0.133. The SMILES string of the molecule is N#CC1=C(N)Oc2[nH]c(=O)[nH]c(=O)c2[C@@H]1c1ccc2c(c1)OCO2. The summed E-state index contributed by atoms with van der Waals surface area (Å²) in [4.78, 5) is 28.3. The molecule has 1 atom stereocenters. The molecule has 0 spiro atoms. The Balaban J connectivity index is 1.98. The fourth-order valence-corrected chi connectivity index (χ4v) is 2.82. The van der Waals surface area contributed by atoms with E-state index >= 15 is 0 Å². The number of allylic oxidation sites excluding steroid dienone is 1. The number of aromatic amines is 2. The summed E-state index contributed by atoms with van der Waals surface area (Å²) in [5.74, 6) is 0.0137. The number of H-pyrrole nitrogens is 2. The van der Waals surface area contributed by atoms with Crippen molar-refractivity contribution in [2.45, 2.75) is 5.92 Å². The Morgan fingerprint density at radius 1 is 1.21 bits per heavy atom. The average Bonchev–Trinajstić information content (AvgIpc) is 3.00. The van der Waals surface area contributed by atoms with Crippen molar-refractivity contribution in [2.24, 2.45) is 5.73 Å². The van der Waals surface area contributed by atoms with Gasteiger partial charge in [-0.05, 0) is 17.7 Å². The molecule has 4 rings (SSSR count). The van der Waals surface area contributed by atoms with E-state index in [0.717, 1.165) is 0 Å². The molecule has 0 unspecified atom stereocenters. The summed E-state index contributed by atoms with van der Waals surface area (Å²) in [6.07, 6.45) is 0. The van der Waals surface area contributed by atoms with Crippen LogP contribution in [0.2, 0.25) is 0 Å². The van der Waals surface area contributed by atoms with E-state index in [1.807, 2.05) is 6.07 Å². The molecule has 0 bridgehead atoms. The van der Waals surface area contributed by atoms with Gasteiger partial charge in [0.15, 0.2) is 11.5 Å². The zero-order chi connectivity index (χ0) is 16.8. The first-order valence-electron chi connectivity index (χ1n) is 6.92. The second-order valence-electron chi connectivity index (χ2n) is 5.19. The maximum atomic E-state index is 12.3. The third-order valence-corrected chi connectivity index (χ3v) is 3.85. The molecule has 3 heterocycles. The molecule has 1 aromatic heterocycles. The molecular formula is C15H10N4O5. The van der Waals surface area contributed by atoms with Gasteiger partial charge in [-0.2, -0.15) is 5.26 Å². The maximum absolute atomic E-state index is 12.3. The molecule has 24 heavy (non-hydrogen) atoms. The number of fused-ring (bicyclic) bond motifs is 2. The van der Waals surface area contributed by atoms with Crippen molar-refractivity contribution < 1.29 is 14.2 Å². The minimum Gasteiger partial charge on any atom is -0.454 e. The van der Waals surface area contributed by atoms with Gasteiger partial charge in [0.2, 0.25) is 18.6 Å². The lowest BCUT2D eigenvalue weighted by Crippen LogP contribution is -2.33. The smallest absolute Gasteiger partial charge is 0.328 e. The molecule has 2 aliphatic rings. The second-order valence-corrected chi connectivity index (χ2v) is 5.19. The first kappa shape index (κ1) is 14.0. The quantitative estimate of drug-likeness (QED) is 0.669. The lowest BCUT2D eigenvalue weighted by Gasteiger charge is -2.24. The van der Waals surface area contributed by atoms with Crippen LogP contribution in [-0.4, -0.2) is 16.8 Å². The minimum absolute atomic E-state index is 0.0684. The molecule has 0 radical (unpaired) electrons. The first-order valence-corrected chi connectivity index (χ1v) is 6.92. The third-order valence-electron chi connectivity index (χ3n) is 3.85. The van der Waals surface area contributed by atoms with Crippen LogP contribution < -0.4 is 31.2 Å². The number of nitrogens with zero attached hydrogens (tertiary/aromatic N) is 1. The fourth-order valence-electron chi connectivity index (χ4n) is 2.82. The van der Waals surface area contributed by atoms with Gasteiger partial charge in [0, 0.05) is 0 Å². The molecule has 120 valence electrons. The summed E-state index contributed by atoms with van der Waals surface area (Å²) < 4.78 is 15.8. The van der Waals surface area contributed by atoms with Crippen LogP contribution in [0.1, 0.15) is 17.0 Å². The third kappa shape index (κ3) is 1.94. The Kier molecular flexibility index (Phi) is 2.86. The van der Waals surface area contributed by atoms with E-state index in [-0.39, 0.29) is 29.7 Å². The van der Waals surface area contributed by atoms with E-state index in [4.69, 9.17) is 19.9 Å². The number of hydrogen-bond donors (Lipinski definition) is 3. The highest BCUT2D eigenvalue weighted by molar-refractivity contribution is 5.55. The zero-order valence-corrected chi connectivity index (χ0v) is 12.1. The highest BCUT2D eigenvalue weighted by atomic mass is 16.7. The lowest BCUT2D eigenvalue weighted by molar-refractivity contribution is 0.174. The molecule has 0 saturated heterocycles. The molecule has 2 aliphatic heterocycles. The Morgan fingerprint density at radius 2 is 2.00 bits per heavy atom. The summed E-state index contributed by atoms with van der Waals surface area (Å²) >= 11 is 0. The Morgan fingerprint density at radius 3 is 2.79 bits per heavy atom. The second kappa shape index (κ2) is 4.92. The van der Waals surface area contributed by atoms with Gasteiger partial charge >= 0.3 is 5.69 Å². The molecular weight excluding hydrogens is 316 g/mol. The molecule has 4 N–H and O–H groups in total. The predicted molar refractivity (Wildman–Crippen MR) is 79.5 cm³/mol. The summed E-state index contributed by atoms with van der Waals surface area (Å²) in [5.41, 5.74) is 5.16. The van der Waals surface area contributed by atoms with Gasteiger partial charge < -0.3 is 19.9 Å². The van der Waals surface area contributed by atoms with Crippen molar-refractivity contribution in [1.29, 1.82) is 5.26 Å². The van der Waals surface area contributed by atoms with E-state index in [0.29, 0.717) is 17.1 Å². The maximum Gasteiger partial charge on any atom is 0.328 e. The van der Waals surface area contributed by atoms with Gasteiger partial charge in [0.25, 0.3) is 5.56 Å². The zero-order valence-electron chi connectivity index (χ0n) is 12.1. The number of hydrogen-bond acceptors (Lipinski definition) is 7. The van der Waals surface area contributed by atoms with E-state index in [9.17, 15) is 14.9 Å². The standard InChI is InChI=1S/C15H10N4O5/c16-4-7-10(6-1-2-8-9(3-6)23-5-22-8)11-13(20)18-15(21)19-14(11)24-12(7)17/h1-3,10H,5,17H2,(H2,18,19,20,21)/t10-/m1/s1. The van der Waals surface area contributed by atoms with Crippen LogP contribution >= 0.6 is 0 Å². The number of rotatable bonds is 1. The Bertz CT molecular complexity index is 1040. The van der Waals surface area contributed by atoms with Crippen LogP contribution in [0, 0.1) is 11.3 Å². The van der Waals surface area contributed by atoms with Crippen LogP contribution in [-0.2, 0) is 0 Å². The number of nitriles is 1. The summed E-state index contributed by atoms with van der Waals surface area (Å²) in [7, 11) is 0.